The van der Waals surface area contributed by atoms with Crippen molar-refractivity contribution >= 4 is 29.1 Å². The van der Waals surface area contributed by atoms with Crippen LogP contribution in [0.2, 0.25) is 10.2 Å². The van der Waals surface area contributed by atoms with Gasteiger partial charge in [-0.1, -0.05) is 23.2 Å². The summed E-state index contributed by atoms with van der Waals surface area (Å²) in [5.74, 6) is -0.143. The van der Waals surface area contributed by atoms with E-state index >= 15 is 0 Å². The molecule has 1 N–H and O–H groups in total. The summed E-state index contributed by atoms with van der Waals surface area (Å²) < 4.78 is 0. The molecule has 0 aromatic carbocycles. The third kappa shape index (κ3) is 4.15. The number of nitrogens with one attached hydrogen (secondary N) is 1. The van der Waals surface area contributed by atoms with Gasteiger partial charge in [0, 0.05) is 19.8 Å². The van der Waals surface area contributed by atoms with Crippen LogP contribution in [-0.2, 0) is 0 Å². The maximum absolute atomic E-state index is 12.0. The zero-order chi connectivity index (χ0) is 12.8. The Morgan fingerprint density at radius 1 is 1.53 bits per heavy atom. The van der Waals surface area contributed by atoms with Crippen LogP contribution in [0.5, 0.6) is 0 Å². The van der Waals surface area contributed by atoms with Gasteiger partial charge < -0.3 is 10.2 Å². The van der Waals surface area contributed by atoms with Gasteiger partial charge in [-0.05, 0) is 26.1 Å². The molecular formula is C11H15Cl2N3O. The molecule has 0 saturated heterocycles. The Morgan fingerprint density at radius 2 is 2.24 bits per heavy atom. The van der Waals surface area contributed by atoms with Crippen LogP contribution in [-0.4, -0.2) is 43.0 Å². The standard InChI is InChI=1S/C11H15Cl2N3O/c1-14-4-3-5-16(2)11(17)8-6-10(13)15-7-9(8)12/h6-7,14H,3-5H2,1-2H3. The Morgan fingerprint density at radius 3 is 2.88 bits per heavy atom. The minimum Gasteiger partial charge on any atom is -0.342 e. The van der Waals surface area contributed by atoms with Crippen molar-refractivity contribution in [1.82, 2.24) is 15.2 Å². The van der Waals surface area contributed by atoms with E-state index in [1.54, 1.807) is 11.9 Å². The lowest BCUT2D eigenvalue weighted by atomic mass is 10.2. The van der Waals surface area contributed by atoms with E-state index in [9.17, 15) is 4.79 Å². The molecule has 1 amide bonds. The van der Waals surface area contributed by atoms with Crippen molar-refractivity contribution in [2.75, 3.05) is 27.2 Å². The van der Waals surface area contributed by atoms with E-state index in [2.05, 4.69) is 10.3 Å². The van der Waals surface area contributed by atoms with Crippen molar-refractivity contribution in [3.8, 4) is 0 Å². The summed E-state index contributed by atoms with van der Waals surface area (Å²) in [4.78, 5) is 17.5. The quantitative estimate of drug-likeness (QED) is 0.661. The van der Waals surface area contributed by atoms with Gasteiger partial charge in [-0.25, -0.2) is 4.98 Å². The van der Waals surface area contributed by atoms with Crippen LogP contribution in [0.15, 0.2) is 12.3 Å². The molecule has 0 bridgehead atoms. The molecule has 17 heavy (non-hydrogen) atoms. The molecule has 1 aromatic heterocycles. The number of hydrogen-bond acceptors (Lipinski definition) is 3. The third-order valence-electron chi connectivity index (χ3n) is 2.32. The monoisotopic (exact) mass is 275 g/mol. The predicted octanol–water partition coefficient (Wildman–Crippen LogP) is 2.07. The first kappa shape index (κ1) is 14.2. The van der Waals surface area contributed by atoms with Crippen molar-refractivity contribution in [1.29, 1.82) is 0 Å². The van der Waals surface area contributed by atoms with Gasteiger partial charge in [0.25, 0.3) is 5.91 Å². The zero-order valence-electron chi connectivity index (χ0n) is 9.83. The number of pyridine rings is 1. The summed E-state index contributed by atoms with van der Waals surface area (Å²) in [6.45, 7) is 1.53. The average Bonchev–Trinajstić information content (AvgIpc) is 2.31. The summed E-state index contributed by atoms with van der Waals surface area (Å²) in [6.07, 6.45) is 2.27. The van der Waals surface area contributed by atoms with Crippen LogP contribution in [0.3, 0.4) is 0 Å². The summed E-state index contributed by atoms with van der Waals surface area (Å²) >= 11 is 11.7. The van der Waals surface area contributed by atoms with E-state index in [1.807, 2.05) is 7.05 Å². The number of aromatic nitrogens is 1. The minimum atomic E-state index is -0.143. The lowest BCUT2D eigenvalue weighted by Gasteiger charge is -2.17. The Labute approximate surface area is 111 Å². The SMILES string of the molecule is CNCCCN(C)C(=O)c1cc(Cl)ncc1Cl. The lowest BCUT2D eigenvalue weighted by Crippen LogP contribution is -2.29. The Hall–Kier alpha value is -0.840. The molecule has 1 aromatic rings. The summed E-state index contributed by atoms with van der Waals surface area (Å²) in [5.41, 5.74) is 0.388. The highest BCUT2D eigenvalue weighted by molar-refractivity contribution is 6.35. The van der Waals surface area contributed by atoms with Crippen molar-refractivity contribution < 1.29 is 4.79 Å². The number of carbonyl (C=O) groups excluding carboxylic acids is 1. The summed E-state index contributed by atoms with van der Waals surface area (Å²) in [6, 6.07) is 1.49. The fraction of sp³-hybridized carbons (Fsp3) is 0.455. The first-order chi connectivity index (χ1) is 8.06. The molecular weight excluding hydrogens is 261 g/mol. The fourth-order valence-corrected chi connectivity index (χ4v) is 1.72. The molecule has 94 valence electrons. The van der Waals surface area contributed by atoms with Gasteiger partial charge in [-0.2, -0.15) is 0 Å². The molecule has 0 aliphatic rings. The number of carbonyl (C=O) groups is 1. The van der Waals surface area contributed by atoms with Gasteiger partial charge in [0.1, 0.15) is 5.15 Å². The van der Waals surface area contributed by atoms with E-state index in [4.69, 9.17) is 23.2 Å². The molecule has 0 spiro atoms. The summed E-state index contributed by atoms with van der Waals surface area (Å²) in [7, 11) is 3.62. The third-order valence-corrected chi connectivity index (χ3v) is 2.83. The van der Waals surface area contributed by atoms with Crippen molar-refractivity contribution in [3.05, 3.63) is 28.0 Å². The van der Waals surface area contributed by atoms with Crippen LogP contribution < -0.4 is 5.32 Å². The molecule has 6 heteroatoms. The van der Waals surface area contributed by atoms with Gasteiger partial charge in [0.15, 0.2) is 0 Å². The molecule has 0 aliphatic heterocycles. The van der Waals surface area contributed by atoms with Crippen LogP contribution in [0.1, 0.15) is 16.8 Å². The molecule has 0 radical (unpaired) electrons. The highest BCUT2D eigenvalue weighted by atomic mass is 35.5. The van der Waals surface area contributed by atoms with Crippen LogP contribution in [0, 0.1) is 0 Å². The normalized spacial score (nSPS) is 10.4. The second kappa shape index (κ2) is 6.79. The number of rotatable bonds is 5. The number of hydrogen-bond donors (Lipinski definition) is 1. The molecule has 0 unspecified atom stereocenters. The van der Waals surface area contributed by atoms with E-state index in [-0.39, 0.29) is 11.1 Å². The first-order valence-corrected chi connectivity index (χ1v) is 6.03. The van der Waals surface area contributed by atoms with E-state index in [1.165, 1.54) is 12.3 Å². The molecule has 0 aliphatic carbocycles. The predicted molar refractivity (Wildman–Crippen MR) is 69.8 cm³/mol. The second-order valence-electron chi connectivity index (χ2n) is 3.67. The van der Waals surface area contributed by atoms with Crippen molar-refractivity contribution in [2.45, 2.75) is 6.42 Å². The highest BCUT2D eigenvalue weighted by Gasteiger charge is 2.15. The topological polar surface area (TPSA) is 45.2 Å². The number of nitrogens with zero attached hydrogens (tertiary/aromatic N) is 2. The largest absolute Gasteiger partial charge is 0.342 e. The second-order valence-corrected chi connectivity index (χ2v) is 4.47. The number of halogens is 2. The Kier molecular flexibility index (Phi) is 5.68. The van der Waals surface area contributed by atoms with E-state index < -0.39 is 0 Å². The molecule has 0 fully saturated rings. The smallest absolute Gasteiger partial charge is 0.255 e. The highest BCUT2D eigenvalue weighted by Crippen LogP contribution is 2.19. The van der Waals surface area contributed by atoms with Gasteiger partial charge in [-0.15, -0.1) is 0 Å². The van der Waals surface area contributed by atoms with Crippen molar-refractivity contribution in [2.24, 2.45) is 0 Å². The van der Waals surface area contributed by atoms with E-state index in [0.29, 0.717) is 17.1 Å². The average molecular weight is 276 g/mol. The van der Waals surface area contributed by atoms with Gasteiger partial charge >= 0.3 is 0 Å². The Balaban J connectivity index is 2.71. The van der Waals surface area contributed by atoms with Crippen LogP contribution in [0.25, 0.3) is 0 Å². The Bertz CT molecular complexity index is 398. The first-order valence-electron chi connectivity index (χ1n) is 5.27. The minimum absolute atomic E-state index is 0.143. The molecule has 1 rings (SSSR count). The fourth-order valence-electron chi connectivity index (χ4n) is 1.38. The van der Waals surface area contributed by atoms with Gasteiger partial charge in [-0.3, -0.25) is 4.79 Å². The molecule has 0 atom stereocenters. The molecule has 0 saturated carbocycles. The zero-order valence-corrected chi connectivity index (χ0v) is 11.3. The maximum Gasteiger partial charge on any atom is 0.255 e. The van der Waals surface area contributed by atoms with Crippen LogP contribution in [0.4, 0.5) is 0 Å². The molecule has 4 nitrogen and oxygen atoms in total. The van der Waals surface area contributed by atoms with Crippen LogP contribution >= 0.6 is 23.2 Å². The summed E-state index contributed by atoms with van der Waals surface area (Å²) in [5, 5.41) is 3.61. The lowest BCUT2D eigenvalue weighted by molar-refractivity contribution is 0.0794. The van der Waals surface area contributed by atoms with Gasteiger partial charge in [0.2, 0.25) is 0 Å². The van der Waals surface area contributed by atoms with Gasteiger partial charge in [0.05, 0.1) is 10.6 Å². The molecule has 1 heterocycles. The number of amides is 1. The van der Waals surface area contributed by atoms with E-state index in [0.717, 1.165) is 13.0 Å². The van der Waals surface area contributed by atoms with Crippen molar-refractivity contribution in [3.63, 3.8) is 0 Å². The maximum atomic E-state index is 12.0.